The molecule has 0 radical (unpaired) electrons. The summed E-state index contributed by atoms with van der Waals surface area (Å²) in [7, 11) is 0. The van der Waals surface area contributed by atoms with Crippen molar-refractivity contribution in [3.05, 3.63) is 89.0 Å². The Morgan fingerprint density at radius 2 is 1.45 bits per heavy atom. The predicted octanol–water partition coefficient (Wildman–Crippen LogP) is 6.52. The highest BCUT2D eigenvalue weighted by atomic mass is 19.4. The molecule has 3 rings (SSSR count). The van der Waals surface area contributed by atoms with Gasteiger partial charge in [-0.15, -0.1) is 6.42 Å². The zero-order valence-corrected chi connectivity index (χ0v) is 19.9. The number of halogens is 8. The normalized spacial score (nSPS) is 12.2. The van der Waals surface area contributed by atoms with E-state index in [1.165, 1.54) is 24.3 Å². The van der Waals surface area contributed by atoms with Crippen LogP contribution in [-0.4, -0.2) is 18.5 Å². The smallest absolute Gasteiger partial charge is 0.416 e. The maximum Gasteiger partial charge on any atom is 0.416 e. The third-order valence-electron chi connectivity index (χ3n) is 5.11. The highest BCUT2D eigenvalue weighted by Crippen LogP contribution is 2.37. The molecule has 0 aliphatic heterocycles. The van der Waals surface area contributed by atoms with Crippen LogP contribution < -0.4 is 20.7 Å². The van der Waals surface area contributed by atoms with E-state index < -0.39 is 64.5 Å². The summed E-state index contributed by atoms with van der Waals surface area (Å²) >= 11 is 0. The molecule has 0 heterocycles. The number of hydrogen-bond donors (Lipinski definition) is 3. The Hall–Kier alpha value is -4.80. The van der Waals surface area contributed by atoms with Crippen LogP contribution in [0.4, 0.5) is 51.3 Å². The Morgan fingerprint density at radius 1 is 0.850 bits per heavy atom. The number of amides is 3. The molecule has 0 unspecified atom stereocenters. The van der Waals surface area contributed by atoms with Crippen molar-refractivity contribution in [2.75, 3.05) is 17.2 Å². The summed E-state index contributed by atoms with van der Waals surface area (Å²) in [5.41, 5.74) is -4.66. The summed E-state index contributed by atoms with van der Waals surface area (Å²) in [4.78, 5) is 25.7. The minimum atomic E-state index is -5.17. The van der Waals surface area contributed by atoms with Gasteiger partial charge in [-0.1, -0.05) is 18.1 Å². The maximum absolute atomic E-state index is 14.1. The molecule has 1 atom stereocenters. The van der Waals surface area contributed by atoms with Crippen molar-refractivity contribution in [1.82, 2.24) is 5.32 Å². The van der Waals surface area contributed by atoms with E-state index in [9.17, 15) is 44.7 Å². The summed E-state index contributed by atoms with van der Waals surface area (Å²) < 4.78 is 112. The van der Waals surface area contributed by atoms with Crippen LogP contribution in [0.3, 0.4) is 0 Å². The van der Waals surface area contributed by atoms with Crippen LogP contribution >= 0.6 is 0 Å². The standard InChI is InChI=1S/C26H17F8N3O3/c1-2-9-40-19-6-3-14(4-7-19)22(23(38)36-21-8-5-17(27)13-20(21)28)37-24(39)35-18-11-15(25(29,30)31)10-16(12-18)26(32,33)34/h1,3-8,10-13,22H,9H2,(H,36,38)(H2,35,37,39)/t22-/m1/s1. The minimum absolute atomic E-state index is 0.0447. The molecule has 0 bridgehead atoms. The van der Waals surface area contributed by atoms with Gasteiger partial charge in [-0.25, -0.2) is 13.6 Å². The number of benzene rings is 3. The van der Waals surface area contributed by atoms with Gasteiger partial charge in [0.1, 0.15) is 30.0 Å². The molecule has 0 saturated carbocycles. The average molecular weight is 571 g/mol. The Bertz CT molecular complexity index is 1400. The minimum Gasteiger partial charge on any atom is -0.481 e. The van der Waals surface area contributed by atoms with Crippen LogP contribution in [-0.2, 0) is 17.1 Å². The molecule has 40 heavy (non-hydrogen) atoms. The highest BCUT2D eigenvalue weighted by Gasteiger charge is 2.37. The molecule has 210 valence electrons. The number of hydrogen-bond acceptors (Lipinski definition) is 3. The monoisotopic (exact) mass is 571 g/mol. The highest BCUT2D eigenvalue weighted by molar-refractivity contribution is 6.00. The van der Waals surface area contributed by atoms with E-state index in [4.69, 9.17) is 11.2 Å². The number of nitrogens with one attached hydrogen (secondary N) is 3. The SMILES string of the molecule is C#CCOc1ccc([C@@H](NC(=O)Nc2cc(C(F)(F)F)cc(C(F)(F)F)c2)C(=O)Nc2ccc(F)cc2F)cc1. The topological polar surface area (TPSA) is 79.5 Å². The molecule has 0 aliphatic carbocycles. The van der Waals surface area contributed by atoms with Crippen molar-refractivity contribution < 1.29 is 49.4 Å². The van der Waals surface area contributed by atoms with E-state index in [-0.39, 0.29) is 36.1 Å². The molecule has 6 nitrogen and oxygen atoms in total. The van der Waals surface area contributed by atoms with Crippen molar-refractivity contribution in [3.8, 4) is 18.1 Å². The molecule has 0 fully saturated rings. The Balaban J connectivity index is 1.91. The van der Waals surface area contributed by atoms with E-state index >= 15 is 0 Å². The van der Waals surface area contributed by atoms with Crippen molar-refractivity contribution in [3.63, 3.8) is 0 Å². The largest absolute Gasteiger partial charge is 0.481 e. The Labute approximate surface area is 221 Å². The number of rotatable bonds is 7. The number of carbonyl (C=O) groups is 2. The Morgan fingerprint density at radius 3 is 1.98 bits per heavy atom. The van der Waals surface area contributed by atoms with E-state index in [1.807, 2.05) is 5.32 Å². The van der Waals surface area contributed by atoms with Crippen LogP contribution in [0.2, 0.25) is 0 Å². The van der Waals surface area contributed by atoms with Gasteiger partial charge >= 0.3 is 18.4 Å². The number of alkyl halides is 6. The van der Waals surface area contributed by atoms with Gasteiger partial charge in [0.15, 0.2) is 0 Å². The molecular formula is C26H17F8N3O3. The second kappa shape index (κ2) is 11.9. The first-order valence-corrected chi connectivity index (χ1v) is 11.0. The second-order valence-corrected chi connectivity index (χ2v) is 8.00. The van der Waals surface area contributed by atoms with E-state index in [0.717, 1.165) is 12.1 Å². The lowest BCUT2D eigenvalue weighted by atomic mass is 10.1. The third-order valence-corrected chi connectivity index (χ3v) is 5.11. The molecule has 14 heteroatoms. The van der Waals surface area contributed by atoms with Gasteiger partial charge < -0.3 is 20.7 Å². The molecule has 3 N–H and O–H groups in total. The number of urea groups is 1. The van der Waals surface area contributed by atoms with Gasteiger partial charge in [-0.2, -0.15) is 26.3 Å². The van der Waals surface area contributed by atoms with Gasteiger partial charge in [-0.3, -0.25) is 4.79 Å². The number of terminal acetylenes is 1. The predicted molar refractivity (Wildman–Crippen MR) is 127 cm³/mol. The summed E-state index contributed by atoms with van der Waals surface area (Å²) in [6, 6.07) is 4.90. The Kier molecular flexibility index (Phi) is 8.88. The van der Waals surface area contributed by atoms with Crippen LogP contribution in [0.5, 0.6) is 5.75 Å². The zero-order chi connectivity index (χ0) is 29.7. The van der Waals surface area contributed by atoms with Gasteiger partial charge in [0, 0.05) is 11.8 Å². The van der Waals surface area contributed by atoms with Crippen LogP contribution in [0.1, 0.15) is 22.7 Å². The molecular weight excluding hydrogens is 554 g/mol. The van der Waals surface area contributed by atoms with Gasteiger partial charge in [0.25, 0.3) is 5.91 Å². The molecule has 3 aromatic carbocycles. The summed E-state index contributed by atoms with van der Waals surface area (Å²) in [5.74, 6) is -0.686. The van der Waals surface area contributed by atoms with E-state index in [1.54, 1.807) is 0 Å². The lowest BCUT2D eigenvalue weighted by Gasteiger charge is -2.20. The average Bonchev–Trinajstić information content (AvgIpc) is 2.87. The summed E-state index contributed by atoms with van der Waals surface area (Å²) in [6.07, 6.45) is -5.22. The molecule has 0 spiro atoms. The first-order valence-electron chi connectivity index (χ1n) is 11.0. The third kappa shape index (κ3) is 7.85. The fourth-order valence-corrected chi connectivity index (χ4v) is 3.30. The van der Waals surface area contributed by atoms with E-state index in [2.05, 4.69) is 16.6 Å². The molecule has 0 aromatic heterocycles. The summed E-state index contributed by atoms with van der Waals surface area (Å²) in [6.45, 7) is -0.0926. The second-order valence-electron chi connectivity index (χ2n) is 8.00. The number of carbonyl (C=O) groups excluding carboxylic acids is 2. The van der Waals surface area contributed by atoms with Gasteiger partial charge in [0.2, 0.25) is 0 Å². The molecule has 3 amide bonds. The van der Waals surface area contributed by atoms with Crippen LogP contribution in [0.15, 0.2) is 60.7 Å². The summed E-state index contributed by atoms with van der Waals surface area (Å²) in [5, 5.41) is 6.09. The zero-order valence-electron chi connectivity index (χ0n) is 19.9. The first kappa shape index (κ1) is 29.8. The number of ether oxygens (including phenoxy) is 1. The fraction of sp³-hybridized carbons (Fsp3) is 0.154. The molecule has 0 aliphatic rings. The van der Waals surface area contributed by atoms with Crippen molar-refractivity contribution in [2.24, 2.45) is 0 Å². The van der Waals surface area contributed by atoms with Crippen molar-refractivity contribution in [2.45, 2.75) is 18.4 Å². The van der Waals surface area contributed by atoms with Crippen LogP contribution in [0.25, 0.3) is 0 Å². The van der Waals surface area contributed by atoms with E-state index in [0.29, 0.717) is 6.07 Å². The quantitative estimate of drug-likeness (QED) is 0.223. The fourth-order valence-electron chi connectivity index (χ4n) is 3.30. The number of anilines is 2. The van der Waals surface area contributed by atoms with Gasteiger partial charge in [0.05, 0.1) is 16.8 Å². The lowest BCUT2D eigenvalue weighted by Crippen LogP contribution is -2.39. The molecule has 0 saturated heterocycles. The van der Waals surface area contributed by atoms with Gasteiger partial charge in [-0.05, 0) is 48.0 Å². The van der Waals surface area contributed by atoms with Crippen molar-refractivity contribution in [1.29, 1.82) is 0 Å². The lowest BCUT2D eigenvalue weighted by molar-refractivity contribution is -0.143. The van der Waals surface area contributed by atoms with Crippen LogP contribution in [0, 0.1) is 24.0 Å². The maximum atomic E-state index is 14.1. The first-order chi connectivity index (χ1) is 18.7. The van der Waals surface area contributed by atoms with Crippen molar-refractivity contribution >= 4 is 23.3 Å². The molecule has 3 aromatic rings.